The predicted octanol–water partition coefficient (Wildman–Crippen LogP) is 1.21. The minimum atomic E-state index is -3.24. The summed E-state index contributed by atoms with van der Waals surface area (Å²) >= 11 is 0. The Labute approximate surface area is 98.7 Å². The van der Waals surface area contributed by atoms with Crippen LogP contribution in [0.25, 0.3) is 0 Å². The van der Waals surface area contributed by atoms with Crippen LogP contribution in [0.15, 0.2) is 0 Å². The summed E-state index contributed by atoms with van der Waals surface area (Å²) < 4.78 is 25.9. The Morgan fingerprint density at radius 1 is 1.38 bits per heavy atom. The van der Waals surface area contributed by atoms with Crippen molar-refractivity contribution in [3.8, 4) is 0 Å². The van der Waals surface area contributed by atoms with Gasteiger partial charge < -0.3 is 5.11 Å². The molecule has 0 aliphatic heterocycles. The number of nitrogens with zero attached hydrogens (tertiary/aromatic N) is 1. The maximum atomic E-state index is 12.2. The van der Waals surface area contributed by atoms with Crippen molar-refractivity contribution in [2.45, 2.75) is 51.3 Å². The molecule has 1 aliphatic rings. The molecule has 1 atom stereocenters. The lowest BCUT2D eigenvalue weighted by Crippen LogP contribution is -2.46. The Morgan fingerprint density at radius 3 is 2.25 bits per heavy atom. The minimum Gasteiger partial charge on any atom is -0.395 e. The maximum absolute atomic E-state index is 12.2. The Bertz CT molecular complexity index is 305. The third-order valence-electron chi connectivity index (χ3n) is 3.15. The zero-order valence-corrected chi connectivity index (χ0v) is 11.2. The Kier molecular flexibility index (Phi) is 4.76. The van der Waals surface area contributed by atoms with Gasteiger partial charge in [0.25, 0.3) is 0 Å². The number of hydrogen-bond donors (Lipinski definition) is 1. The van der Waals surface area contributed by atoms with E-state index in [1.54, 1.807) is 13.8 Å². The third-order valence-corrected chi connectivity index (χ3v) is 5.44. The first-order chi connectivity index (χ1) is 7.43. The van der Waals surface area contributed by atoms with Gasteiger partial charge in [-0.1, -0.05) is 6.92 Å². The van der Waals surface area contributed by atoms with Crippen LogP contribution in [0.1, 0.15) is 40.0 Å². The maximum Gasteiger partial charge on any atom is 0.216 e. The van der Waals surface area contributed by atoms with Crippen molar-refractivity contribution in [3.63, 3.8) is 0 Å². The highest BCUT2D eigenvalue weighted by atomic mass is 32.2. The molecule has 0 aromatic carbocycles. The van der Waals surface area contributed by atoms with Gasteiger partial charge in [0.2, 0.25) is 10.0 Å². The molecule has 4 nitrogen and oxygen atoms in total. The normalized spacial score (nSPS) is 19.4. The van der Waals surface area contributed by atoms with Crippen LogP contribution in [0.4, 0.5) is 0 Å². The summed E-state index contributed by atoms with van der Waals surface area (Å²) in [6.45, 7) is 5.80. The fraction of sp³-hybridized carbons (Fsp3) is 1.00. The van der Waals surface area contributed by atoms with Gasteiger partial charge in [-0.15, -0.1) is 0 Å². The van der Waals surface area contributed by atoms with Gasteiger partial charge in [-0.2, -0.15) is 4.31 Å². The number of sulfonamides is 1. The third kappa shape index (κ3) is 3.18. The second-order valence-corrected chi connectivity index (χ2v) is 7.29. The molecule has 0 unspecified atom stereocenters. The summed E-state index contributed by atoms with van der Waals surface area (Å²) in [5.74, 6) is 0.508. The van der Waals surface area contributed by atoms with Gasteiger partial charge in [0, 0.05) is 12.6 Å². The number of rotatable bonds is 7. The highest BCUT2D eigenvalue weighted by molar-refractivity contribution is 7.89. The fourth-order valence-electron chi connectivity index (χ4n) is 1.71. The van der Waals surface area contributed by atoms with Crippen LogP contribution in [0, 0.1) is 5.92 Å². The summed E-state index contributed by atoms with van der Waals surface area (Å²) in [5, 5.41) is 8.86. The lowest BCUT2D eigenvalue weighted by Gasteiger charge is -2.30. The first kappa shape index (κ1) is 13.9. The summed E-state index contributed by atoms with van der Waals surface area (Å²) in [6, 6.07) is -0.256. The molecule has 1 fully saturated rings. The summed E-state index contributed by atoms with van der Waals surface area (Å²) in [6.07, 6.45) is 2.90. The molecular formula is C11H23NO3S. The fourth-order valence-corrected chi connectivity index (χ4v) is 3.30. The van der Waals surface area contributed by atoms with E-state index in [2.05, 4.69) is 0 Å². The monoisotopic (exact) mass is 249 g/mol. The van der Waals surface area contributed by atoms with E-state index in [9.17, 15) is 13.5 Å². The molecule has 5 heteroatoms. The van der Waals surface area contributed by atoms with Gasteiger partial charge in [0.15, 0.2) is 0 Å². The summed E-state index contributed by atoms with van der Waals surface area (Å²) in [5.41, 5.74) is 0. The molecule has 1 aliphatic carbocycles. The standard InChI is InChI=1S/C11H23NO3S/c1-4-11(8-13)12(7-10-5-6-10)16(14,15)9(2)3/h9-11,13H,4-8H2,1-3H3/t11-/m1/s1. The molecule has 16 heavy (non-hydrogen) atoms. The number of aliphatic hydroxyl groups excluding tert-OH is 1. The van der Waals surface area contributed by atoms with E-state index in [4.69, 9.17) is 0 Å². The second kappa shape index (κ2) is 5.47. The van der Waals surface area contributed by atoms with Crippen LogP contribution in [0.3, 0.4) is 0 Å². The van der Waals surface area contributed by atoms with Gasteiger partial charge in [-0.05, 0) is 39.0 Å². The highest BCUT2D eigenvalue weighted by Crippen LogP contribution is 2.32. The lowest BCUT2D eigenvalue weighted by atomic mass is 10.2. The average molecular weight is 249 g/mol. The minimum absolute atomic E-state index is 0.0881. The van der Waals surface area contributed by atoms with Crippen LogP contribution < -0.4 is 0 Å². The van der Waals surface area contributed by atoms with Crippen molar-refractivity contribution in [2.75, 3.05) is 13.2 Å². The molecule has 96 valence electrons. The zero-order valence-electron chi connectivity index (χ0n) is 10.4. The summed E-state index contributed by atoms with van der Waals surface area (Å²) in [7, 11) is -3.24. The Morgan fingerprint density at radius 2 is 1.94 bits per heavy atom. The van der Waals surface area contributed by atoms with Crippen LogP contribution in [0.2, 0.25) is 0 Å². The van der Waals surface area contributed by atoms with E-state index in [0.717, 1.165) is 12.8 Å². The van der Waals surface area contributed by atoms with Crippen molar-refractivity contribution in [2.24, 2.45) is 5.92 Å². The van der Waals surface area contributed by atoms with E-state index >= 15 is 0 Å². The molecule has 0 radical (unpaired) electrons. The smallest absolute Gasteiger partial charge is 0.216 e. The molecule has 1 saturated carbocycles. The predicted molar refractivity (Wildman–Crippen MR) is 64.7 cm³/mol. The van der Waals surface area contributed by atoms with Gasteiger partial charge in [-0.25, -0.2) is 8.42 Å². The molecule has 0 bridgehead atoms. The first-order valence-electron chi connectivity index (χ1n) is 6.05. The van der Waals surface area contributed by atoms with Crippen LogP contribution >= 0.6 is 0 Å². The van der Waals surface area contributed by atoms with E-state index in [1.165, 1.54) is 4.31 Å². The summed E-state index contributed by atoms with van der Waals surface area (Å²) in [4.78, 5) is 0. The molecule has 0 saturated heterocycles. The molecule has 1 N–H and O–H groups in total. The van der Waals surface area contributed by atoms with Gasteiger partial charge in [0.1, 0.15) is 0 Å². The van der Waals surface area contributed by atoms with Crippen LogP contribution in [0.5, 0.6) is 0 Å². The van der Waals surface area contributed by atoms with Gasteiger partial charge in [-0.3, -0.25) is 0 Å². The SMILES string of the molecule is CC[C@H](CO)N(CC1CC1)S(=O)(=O)C(C)C. The highest BCUT2D eigenvalue weighted by Gasteiger charge is 2.35. The van der Waals surface area contributed by atoms with E-state index in [0.29, 0.717) is 18.9 Å². The van der Waals surface area contributed by atoms with Gasteiger partial charge >= 0.3 is 0 Å². The van der Waals surface area contributed by atoms with E-state index < -0.39 is 15.3 Å². The van der Waals surface area contributed by atoms with Crippen molar-refractivity contribution in [1.29, 1.82) is 0 Å². The number of aliphatic hydroxyl groups is 1. The molecule has 1 rings (SSSR count). The van der Waals surface area contributed by atoms with Crippen LogP contribution in [-0.4, -0.2) is 42.3 Å². The number of hydrogen-bond acceptors (Lipinski definition) is 3. The molecular weight excluding hydrogens is 226 g/mol. The quantitative estimate of drug-likeness (QED) is 0.738. The Hall–Kier alpha value is -0.130. The topological polar surface area (TPSA) is 57.6 Å². The molecule has 0 aromatic rings. The molecule has 0 aromatic heterocycles. The van der Waals surface area contributed by atoms with Gasteiger partial charge in [0.05, 0.1) is 11.9 Å². The molecule has 0 spiro atoms. The van der Waals surface area contributed by atoms with Crippen molar-refractivity contribution >= 4 is 10.0 Å². The Balaban J connectivity index is 2.84. The van der Waals surface area contributed by atoms with E-state index in [-0.39, 0.29) is 12.6 Å². The average Bonchev–Trinajstić information content (AvgIpc) is 3.01. The first-order valence-corrected chi connectivity index (χ1v) is 7.55. The van der Waals surface area contributed by atoms with E-state index in [1.807, 2.05) is 6.92 Å². The zero-order chi connectivity index (χ0) is 12.3. The van der Waals surface area contributed by atoms with Crippen LogP contribution in [-0.2, 0) is 10.0 Å². The molecule has 0 amide bonds. The lowest BCUT2D eigenvalue weighted by molar-refractivity contribution is 0.179. The van der Waals surface area contributed by atoms with Crippen molar-refractivity contribution < 1.29 is 13.5 Å². The van der Waals surface area contributed by atoms with Crippen molar-refractivity contribution in [3.05, 3.63) is 0 Å². The van der Waals surface area contributed by atoms with Crippen molar-refractivity contribution in [1.82, 2.24) is 4.31 Å². The molecule has 0 heterocycles. The largest absolute Gasteiger partial charge is 0.395 e. The second-order valence-electron chi connectivity index (χ2n) is 4.85.